The molecule has 0 bridgehead atoms. The Kier molecular flexibility index (Phi) is 6.98. The zero-order chi connectivity index (χ0) is 18.2. The molecule has 2 aromatic rings. The van der Waals surface area contributed by atoms with Gasteiger partial charge in [-0.3, -0.25) is 4.79 Å². The van der Waals surface area contributed by atoms with Gasteiger partial charge in [0.15, 0.2) is 0 Å². The highest BCUT2D eigenvalue weighted by Gasteiger charge is 2.12. The fraction of sp³-hybridized carbons (Fsp3) is 0.350. The van der Waals surface area contributed by atoms with Crippen molar-refractivity contribution >= 4 is 11.6 Å². The Bertz CT molecular complexity index is 689. The average Bonchev–Trinajstić information content (AvgIpc) is 2.60. The van der Waals surface area contributed by atoms with Gasteiger partial charge in [0.1, 0.15) is 5.75 Å². The van der Waals surface area contributed by atoms with E-state index in [-0.39, 0.29) is 11.9 Å². The van der Waals surface area contributed by atoms with Gasteiger partial charge in [0.25, 0.3) is 0 Å². The van der Waals surface area contributed by atoms with Gasteiger partial charge in [0.2, 0.25) is 5.91 Å². The van der Waals surface area contributed by atoms with E-state index in [1.165, 1.54) is 6.92 Å². The number of methoxy groups -OCH3 is 1. The first-order valence-electron chi connectivity index (χ1n) is 8.40. The molecule has 2 aromatic carbocycles. The molecule has 5 nitrogen and oxygen atoms in total. The van der Waals surface area contributed by atoms with Crippen LogP contribution in [0.15, 0.2) is 48.5 Å². The van der Waals surface area contributed by atoms with Crippen LogP contribution in [0.2, 0.25) is 0 Å². The fourth-order valence-corrected chi connectivity index (χ4v) is 2.67. The molecule has 2 rings (SSSR count). The molecule has 134 valence electrons. The van der Waals surface area contributed by atoms with Crippen LogP contribution in [0.25, 0.3) is 0 Å². The quantitative estimate of drug-likeness (QED) is 0.690. The summed E-state index contributed by atoms with van der Waals surface area (Å²) in [5.74, 6) is 0.476. The maximum atomic E-state index is 11.3. The van der Waals surface area contributed by atoms with Crippen molar-refractivity contribution in [3.63, 3.8) is 0 Å². The highest BCUT2D eigenvalue weighted by atomic mass is 16.5. The summed E-state index contributed by atoms with van der Waals surface area (Å²) >= 11 is 0. The molecule has 0 radical (unpaired) electrons. The Hall–Kier alpha value is -2.37. The summed E-state index contributed by atoms with van der Waals surface area (Å²) in [6, 6.07) is 15.6. The van der Waals surface area contributed by atoms with Gasteiger partial charge in [0, 0.05) is 19.5 Å². The number of hydrogen-bond donors (Lipinski definition) is 3. The molecule has 25 heavy (non-hydrogen) atoms. The third kappa shape index (κ3) is 5.89. The number of aliphatic hydroxyl groups is 1. The highest BCUT2D eigenvalue weighted by Crippen LogP contribution is 2.28. The van der Waals surface area contributed by atoms with E-state index in [0.717, 1.165) is 11.1 Å². The summed E-state index contributed by atoms with van der Waals surface area (Å²) in [6.07, 6.45) is 0.151. The molecule has 0 spiro atoms. The first kappa shape index (κ1) is 19.0. The average molecular weight is 342 g/mol. The van der Waals surface area contributed by atoms with Crippen LogP contribution in [0.3, 0.4) is 0 Å². The lowest BCUT2D eigenvalue weighted by molar-refractivity contribution is -0.114. The van der Waals surface area contributed by atoms with Crippen LogP contribution in [-0.4, -0.2) is 30.8 Å². The van der Waals surface area contributed by atoms with Crippen molar-refractivity contribution in [2.45, 2.75) is 32.4 Å². The third-order valence-corrected chi connectivity index (χ3v) is 4.01. The van der Waals surface area contributed by atoms with Gasteiger partial charge in [0.05, 0.1) is 18.9 Å². The number of rotatable bonds is 8. The largest absolute Gasteiger partial charge is 0.495 e. The van der Waals surface area contributed by atoms with Crippen molar-refractivity contribution in [2.24, 2.45) is 0 Å². The summed E-state index contributed by atoms with van der Waals surface area (Å²) in [5.41, 5.74) is 2.77. The molecule has 0 heterocycles. The second kappa shape index (κ2) is 9.20. The topological polar surface area (TPSA) is 70.6 Å². The minimum Gasteiger partial charge on any atom is -0.495 e. The van der Waals surface area contributed by atoms with Crippen LogP contribution < -0.4 is 15.4 Å². The van der Waals surface area contributed by atoms with Crippen molar-refractivity contribution in [2.75, 3.05) is 19.0 Å². The Labute approximate surface area is 149 Å². The second-order valence-electron chi connectivity index (χ2n) is 6.11. The van der Waals surface area contributed by atoms with E-state index in [1.807, 2.05) is 55.5 Å². The van der Waals surface area contributed by atoms with E-state index in [1.54, 1.807) is 7.11 Å². The summed E-state index contributed by atoms with van der Waals surface area (Å²) in [5, 5.41) is 16.3. The Morgan fingerprint density at radius 2 is 1.92 bits per heavy atom. The van der Waals surface area contributed by atoms with E-state index in [9.17, 15) is 9.90 Å². The highest BCUT2D eigenvalue weighted by molar-refractivity contribution is 5.90. The Morgan fingerprint density at radius 1 is 1.20 bits per heavy atom. The number of hydrogen-bond acceptors (Lipinski definition) is 4. The van der Waals surface area contributed by atoms with Crippen molar-refractivity contribution in [3.05, 3.63) is 59.7 Å². The van der Waals surface area contributed by atoms with Gasteiger partial charge in [-0.05, 0) is 36.6 Å². The number of carbonyl (C=O) groups excluding carboxylic acids is 1. The van der Waals surface area contributed by atoms with Gasteiger partial charge in [-0.15, -0.1) is 0 Å². The van der Waals surface area contributed by atoms with E-state index in [2.05, 4.69) is 10.6 Å². The molecule has 0 aliphatic carbocycles. The number of anilines is 1. The SMILES string of the molecule is COc1ccc(C(C)NCC(O)Cc2ccccc2)cc1NC(C)=O. The number of aliphatic hydroxyl groups excluding tert-OH is 1. The molecule has 2 unspecified atom stereocenters. The van der Waals surface area contributed by atoms with Gasteiger partial charge in [-0.1, -0.05) is 36.4 Å². The predicted molar refractivity (Wildman–Crippen MR) is 99.9 cm³/mol. The third-order valence-electron chi connectivity index (χ3n) is 4.01. The minimum absolute atomic E-state index is 0.0313. The lowest BCUT2D eigenvalue weighted by Crippen LogP contribution is -2.30. The minimum atomic E-state index is -0.460. The molecule has 0 aliphatic heterocycles. The Morgan fingerprint density at radius 3 is 2.56 bits per heavy atom. The lowest BCUT2D eigenvalue weighted by atomic mass is 10.1. The summed E-state index contributed by atoms with van der Waals surface area (Å²) in [7, 11) is 1.57. The molecule has 0 fully saturated rings. The van der Waals surface area contributed by atoms with E-state index < -0.39 is 6.10 Å². The van der Waals surface area contributed by atoms with E-state index in [4.69, 9.17) is 4.74 Å². The maximum Gasteiger partial charge on any atom is 0.221 e. The van der Waals surface area contributed by atoms with Crippen molar-refractivity contribution in [3.8, 4) is 5.75 Å². The molecule has 3 N–H and O–H groups in total. The van der Waals surface area contributed by atoms with E-state index in [0.29, 0.717) is 24.4 Å². The van der Waals surface area contributed by atoms with Crippen molar-refractivity contribution in [1.82, 2.24) is 5.32 Å². The first-order chi connectivity index (χ1) is 12.0. The second-order valence-corrected chi connectivity index (χ2v) is 6.11. The molecule has 2 atom stereocenters. The summed E-state index contributed by atoms with van der Waals surface area (Å²) < 4.78 is 5.27. The van der Waals surface area contributed by atoms with Crippen LogP contribution in [0, 0.1) is 0 Å². The molecule has 5 heteroatoms. The zero-order valence-corrected chi connectivity index (χ0v) is 15.0. The normalized spacial score (nSPS) is 13.1. The zero-order valence-electron chi connectivity index (χ0n) is 15.0. The molecule has 0 aromatic heterocycles. The smallest absolute Gasteiger partial charge is 0.221 e. The molecular formula is C20H26N2O3. The molecule has 0 aliphatic rings. The molecule has 0 saturated carbocycles. The van der Waals surface area contributed by atoms with Crippen molar-refractivity contribution in [1.29, 1.82) is 0 Å². The van der Waals surface area contributed by atoms with Crippen LogP contribution >= 0.6 is 0 Å². The standard InChI is InChI=1S/C20H26N2O3/c1-14(21-13-18(24)11-16-7-5-4-6-8-16)17-9-10-20(25-3)19(12-17)22-15(2)23/h4-10,12,14,18,21,24H,11,13H2,1-3H3,(H,22,23). The van der Waals surface area contributed by atoms with Crippen LogP contribution in [-0.2, 0) is 11.2 Å². The molecule has 1 amide bonds. The maximum absolute atomic E-state index is 11.3. The lowest BCUT2D eigenvalue weighted by Gasteiger charge is -2.19. The molecule has 0 saturated heterocycles. The van der Waals surface area contributed by atoms with Gasteiger partial charge < -0.3 is 20.5 Å². The monoisotopic (exact) mass is 342 g/mol. The van der Waals surface area contributed by atoms with Crippen LogP contribution in [0.4, 0.5) is 5.69 Å². The summed E-state index contributed by atoms with van der Waals surface area (Å²) in [6.45, 7) is 3.97. The number of amides is 1. The fourth-order valence-electron chi connectivity index (χ4n) is 2.67. The number of nitrogens with one attached hydrogen (secondary N) is 2. The number of ether oxygens (including phenoxy) is 1. The predicted octanol–water partition coefficient (Wildman–Crippen LogP) is 2.91. The van der Waals surface area contributed by atoms with E-state index >= 15 is 0 Å². The van der Waals surface area contributed by atoms with Crippen LogP contribution in [0.5, 0.6) is 5.75 Å². The number of carbonyl (C=O) groups is 1. The van der Waals surface area contributed by atoms with Crippen LogP contribution in [0.1, 0.15) is 31.0 Å². The Balaban J connectivity index is 1.95. The van der Waals surface area contributed by atoms with Gasteiger partial charge in [-0.25, -0.2) is 0 Å². The van der Waals surface area contributed by atoms with Gasteiger partial charge >= 0.3 is 0 Å². The van der Waals surface area contributed by atoms with Crippen molar-refractivity contribution < 1.29 is 14.6 Å². The molecular weight excluding hydrogens is 316 g/mol. The number of benzene rings is 2. The first-order valence-corrected chi connectivity index (χ1v) is 8.40. The summed E-state index contributed by atoms with van der Waals surface area (Å²) in [4.78, 5) is 11.3. The van der Waals surface area contributed by atoms with Gasteiger partial charge in [-0.2, -0.15) is 0 Å².